The number of benzene rings is 1. The number of hydrogen-bond acceptors (Lipinski definition) is 6. The van der Waals surface area contributed by atoms with E-state index in [1.165, 1.54) is 11.7 Å². The van der Waals surface area contributed by atoms with Crippen LogP contribution < -0.4 is 10.9 Å². The van der Waals surface area contributed by atoms with E-state index in [1.54, 1.807) is 24.3 Å². The molecule has 3 aromatic rings. The van der Waals surface area contributed by atoms with Gasteiger partial charge in [0.25, 0.3) is 11.5 Å². The standard InChI is InChI=1S/C12H9BrN6O2S/c1-19-12(21)9(15-17-19)10-8(16-18-22-10)11(20)14-7-4-2-6(13)3-5-7/h2-5,17H,1H3,(H,14,20). The Balaban J connectivity index is 1.91. The predicted molar refractivity (Wildman–Crippen MR) is 84.8 cm³/mol. The van der Waals surface area contributed by atoms with E-state index in [-0.39, 0.29) is 16.9 Å². The molecule has 112 valence electrons. The van der Waals surface area contributed by atoms with Crippen molar-refractivity contribution < 1.29 is 4.79 Å². The van der Waals surface area contributed by atoms with Gasteiger partial charge in [-0.15, -0.1) is 5.10 Å². The lowest BCUT2D eigenvalue weighted by Gasteiger charge is -2.03. The van der Waals surface area contributed by atoms with E-state index < -0.39 is 5.91 Å². The molecule has 2 N–H and O–H groups in total. The lowest BCUT2D eigenvalue weighted by molar-refractivity contribution is 0.102. The molecular formula is C12H9BrN6O2S. The van der Waals surface area contributed by atoms with Crippen LogP contribution in [0, 0.1) is 0 Å². The van der Waals surface area contributed by atoms with Crippen LogP contribution in [0.4, 0.5) is 5.69 Å². The summed E-state index contributed by atoms with van der Waals surface area (Å²) in [6.45, 7) is 0. The summed E-state index contributed by atoms with van der Waals surface area (Å²) in [5, 5.41) is 12.9. The van der Waals surface area contributed by atoms with Gasteiger partial charge in [-0.3, -0.25) is 9.59 Å². The van der Waals surface area contributed by atoms with Crippen LogP contribution in [0.15, 0.2) is 33.5 Å². The van der Waals surface area contributed by atoms with Gasteiger partial charge >= 0.3 is 0 Å². The van der Waals surface area contributed by atoms with Crippen molar-refractivity contribution in [1.82, 2.24) is 24.6 Å². The molecule has 1 amide bonds. The number of anilines is 1. The maximum Gasteiger partial charge on any atom is 0.295 e. The molecule has 22 heavy (non-hydrogen) atoms. The van der Waals surface area contributed by atoms with Crippen molar-refractivity contribution in [1.29, 1.82) is 0 Å². The summed E-state index contributed by atoms with van der Waals surface area (Å²) in [7, 11) is 1.54. The quantitative estimate of drug-likeness (QED) is 0.718. The number of rotatable bonds is 3. The summed E-state index contributed by atoms with van der Waals surface area (Å²) in [4.78, 5) is 24.6. The van der Waals surface area contributed by atoms with Crippen molar-refractivity contribution in [3.8, 4) is 10.6 Å². The summed E-state index contributed by atoms with van der Waals surface area (Å²) < 4.78 is 5.86. The molecule has 0 spiro atoms. The maximum atomic E-state index is 12.3. The third-order valence-corrected chi connectivity index (χ3v) is 4.10. The van der Waals surface area contributed by atoms with Crippen LogP contribution in [0.2, 0.25) is 0 Å². The molecule has 10 heteroatoms. The van der Waals surface area contributed by atoms with Crippen LogP contribution >= 0.6 is 27.5 Å². The monoisotopic (exact) mass is 380 g/mol. The number of amides is 1. The largest absolute Gasteiger partial charge is 0.321 e. The van der Waals surface area contributed by atoms with Crippen LogP contribution in [0.25, 0.3) is 10.6 Å². The summed E-state index contributed by atoms with van der Waals surface area (Å²) >= 11 is 4.27. The van der Waals surface area contributed by atoms with Crippen LogP contribution in [-0.2, 0) is 7.05 Å². The van der Waals surface area contributed by atoms with Crippen LogP contribution in [-0.4, -0.2) is 30.5 Å². The summed E-state index contributed by atoms with van der Waals surface area (Å²) in [6.07, 6.45) is 0. The molecule has 2 heterocycles. The predicted octanol–water partition coefficient (Wildman–Crippen LogP) is 1.64. The Morgan fingerprint density at radius 1 is 1.36 bits per heavy atom. The van der Waals surface area contributed by atoms with Crippen molar-refractivity contribution in [2.75, 3.05) is 5.32 Å². The summed E-state index contributed by atoms with van der Waals surface area (Å²) in [5.74, 6) is -0.448. The molecule has 0 saturated heterocycles. The Bertz CT molecular complexity index is 882. The Morgan fingerprint density at radius 2 is 2.09 bits per heavy atom. The molecule has 1 aromatic carbocycles. The zero-order chi connectivity index (χ0) is 15.7. The van der Waals surface area contributed by atoms with E-state index in [1.807, 2.05) is 0 Å². The fourth-order valence-corrected chi connectivity index (χ4v) is 2.65. The molecule has 0 aliphatic carbocycles. The average molecular weight is 381 g/mol. The smallest absolute Gasteiger partial charge is 0.295 e. The fraction of sp³-hybridized carbons (Fsp3) is 0.0833. The van der Waals surface area contributed by atoms with Gasteiger partial charge < -0.3 is 5.32 Å². The highest BCUT2D eigenvalue weighted by Crippen LogP contribution is 2.22. The molecular weight excluding hydrogens is 372 g/mol. The van der Waals surface area contributed by atoms with Crippen molar-refractivity contribution >= 4 is 39.1 Å². The molecule has 0 aliphatic rings. The Morgan fingerprint density at radius 3 is 2.73 bits per heavy atom. The number of aryl methyl sites for hydroxylation is 1. The first-order valence-corrected chi connectivity index (χ1v) is 7.64. The maximum absolute atomic E-state index is 12.3. The second kappa shape index (κ2) is 5.81. The third-order valence-electron chi connectivity index (χ3n) is 2.84. The molecule has 0 fully saturated rings. The van der Waals surface area contributed by atoms with Gasteiger partial charge in [-0.05, 0) is 35.8 Å². The number of halogens is 1. The minimum absolute atomic E-state index is 0.0668. The Kier molecular flexibility index (Phi) is 3.86. The highest BCUT2D eigenvalue weighted by Gasteiger charge is 2.22. The lowest BCUT2D eigenvalue weighted by Crippen LogP contribution is -2.16. The molecule has 0 atom stereocenters. The molecule has 0 bridgehead atoms. The molecule has 0 radical (unpaired) electrons. The second-order valence-corrected chi connectivity index (χ2v) is 6.01. The van der Waals surface area contributed by atoms with Crippen LogP contribution in [0.1, 0.15) is 10.5 Å². The first-order valence-electron chi connectivity index (χ1n) is 6.07. The number of aromatic nitrogens is 5. The number of carbonyl (C=O) groups excluding carboxylic acids is 1. The summed E-state index contributed by atoms with van der Waals surface area (Å²) in [6, 6.07) is 7.10. The van der Waals surface area contributed by atoms with Gasteiger partial charge in [0.05, 0.1) is 0 Å². The normalized spacial score (nSPS) is 10.6. The first kappa shape index (κ1) is 14.6. The lowest BCUT2D eigenvalue weighted by atomic mass is 10.2. The minimum Gasteiger partial charge on any atom is -0.321 e. The topological polar surface area (TPSA) is 106 Å². The third kappa shape index (κ3) is 2.70. The van der Waals surface area contributed by atoms with Gasteiger partial charge in [-0.25, -0.2) is 9.90 Å². The van der Waals surface area contributed by atoms with E-state index in [2.05, 4.69) is 41.1 Å². The molecule has 0 saturated carbocycles. The van der Waals surface area contributed by atoms with E-state index in [4.69, 9.17) is 0 Å². The fourth-order valence-electron chi connectivity index (χ4n) is 1.74. The van der Waals surface area contributed by atoms with Gasteiger partial charge in [0.2, 0.25) is 0 Å². The van der Waals surface area contributed by atoms with Crippen LogP contribution in [0.5, 0.6) is 0 Å². The number of aromatic amines is 1. The SMILES string of the molecule is Cn1[nH]nc(-c2snnc2C(=O)Nc2ccc(Br)cc2)c1=O. The Hall–Kier alpha value is -2.33. The van der Waals surface area contributed by atoms with Crippen LogP contribution in [0.3, 0.4) is 0 Å². The first-order chi connectivity index (χ1) is 10.6. The van der Waals surface area contributed by atoms with E-state index >= 15 is 0 Å². The van der Waals surface area contributed by atoms with Crippen molar-refractivity contribution in [3.63, 3.8) is 0 Å². The highest BCUT2D eigenvalue weighted by atomic mass is 79.9. The van der Waals surface area contributed by atoms with Crippen molar-refractivity contribution in [2.45, 2.75) is 0 Å². The average Bonchev–Trinajstić information content (AvgIpc) is 3.09. The van der Waals surface area contributed by atoms with Crippen molar-refractivity contribution in [2.24, 2.45) is 7.05 Å². The van der Waals surface area contributed by atoms with E-state index in [0.29, 0.717) is 10.6 Å². The molecule has 0 aliphatic heterocycles. The van der Waals surface area contributed by atoms with Gasteiger partial charge in [0, 0.05) is 17.2 Å². The minimum atomic E-state index is -0.448. The molecule has 8 nitrogen and oxygen atoms in total. The van der Waals surface area contributed by atoms with E-state index in [0.717, 1.165) is 16.0 Å². The summed E-state index contributed by atoms with van der Waals surface area (Å²) in [5.41, 5.74) is 0.460. The van der Waals surface area contributed by atoms with E-state index in [9.17, 15) is 9.59 Å². The van der Waals surface area contributed by atoms with Gasteiger partial charge in [-0.2, -0.15) is 5.10 Å². The second-order valence-electron chi connectivity index (χ2n) is 4.34. The molecule has 3 rings (SSSR count). The number of nitrogens with one attached hydrogen (secondary N) is 2. The van der Waals surface area contributed by atoms with Gasteiger partial charge in [0.1, 0.15) is 4.88 Å². The number of nitrogens with zero attached hydrogens (tertiary/aromatic N) is 4. The number of hydrogen-bond donors (Lipinski definition) is 2. The van der Waals surface area contributed by atoms with Gasteiger partial charge in [-0.1, -0.05) is 20.4 Å². The Labute approximate surface area is 136 Å². The zero-order valence-electron chi connectivity index (χ0n) is 11.2. The highest BCUT2D eigenvalue weighted by molar-refractivity contribution is 9.10. The van der Waals surface area contributed by atoms with Gasteiger partial charge in [0.15, 0.2) is 11.4 Å². The number of carbonyl (C=O) groups is 1. The van der Waals surface area contributed by atoms with Crippen molar-refractivity contribution in [3.05, 3.63) is 44.8 Å². The molecule has 0 unspecified atom stereocenters. The molecule has 2 aromatic heterocycles. The zero-order valence-corrected chi connectivity index (χ0v) is 13.6. The number of H-pyrrole nitrogens is 1.